The topological polar surface area (TPSA) is 12.0 Å². The van der Waals surface area contributed by atoms with Gasteiger partial charge in [-0.3, -0.25) is 0 Å². The van der Waals surface area contributed by atoms with E-state index in [1.807, 2.05) is 0 Å². The third kappa shape index (κ3) is 4.96. The Labute approximate surface area is 133 Å². The normalized spacial score (nSPS) is 18.1. The fourth-order valence-electron chi connectivity index (χ4n) is 3.43. The van der Waals surface area contributed by atoms with Crippen LogP contribution in [0.3, 0.4) is 0 Å². The molecule has 0 amide bonds. The molecule has 1 saturated carbocycles. The summed E-state index contributed by atoms with van der Waals surface area (Å²) in [5.74, 6) is 0.529. The van der Waals surface area contributed by atoms with E-state index in [1.165, 1.54) is 38.2 Å². The number of halogens is 2. The molecule has 1 fully saturated rings. The van der Waals surface area contributed by atoms with Gasteiger partial charge in [-0.2, -0.15) is 0 Å². The highest BCUT2D eigenvalue weighted by Gasteiger charge is 2.32. The summed E-state index contributed by atoms with van der Waals surface area (Å²) in [4.78, 5) is 0. The first-order valence-electron chi connectivity index (χ1n) is 8.15. The minimum atomic E-state index is -0.117. The van der Waals surface area contributed by atoms with Crippen LogP contribution in [0.1, 0.15) is 51.5 Å². The second kappa shape index (κ2) is 7.60. The van der Waals surface area contributed by atoms with Crippen LogP contribution in [0.15, 0.2) is 18.2 Å². The summed E-state index contributed by atoms with van der Waals surface area (Å²) in [6, 6.07) is 4.93. The van der Waals surface area contributed by atoms with Gasteiger partial charge in [0.25, 0.3) is 0 Å². The van der Waals surface area contributed by atoms with E-state index in [0.717, 1.165) is 25.1 Å². The fraction of sp³-hybridized carbons (Fsp3) is 0.667. The fourth-order valence-corrected chi connectivity index (χ4v) is 3.62. The van der Waals surface area contributed by atoms with E-state index in [1.54, 1.807) is 12.1 Å². The van der Waals surface area contributed by atoms with Crippen molar-refractivity contribution in [2.75, 3.05) is 13.1 Å². The third-order valence-corrected chi connectivity index (χ3v) is 4.78. The summed E-state index contributed by atoms with van der Waals surface area (Å²) in [6.45, 7) is 6.45. The van der Waals surface area contributed by atoms with Gasteiger partial charge in [0.05, 0.1) is 0 Å². The maximum absolute atomic E-state index is 14.1. The molecule has 0 unspecified atom stereocenters. The molecule has 3 heteroatoms. The zero-order chi connectivity index (χ0) is 15.3. The lowest BCUT2D eigenvalue weighted by Gasteiger charge is -2.38. The minimum absolute atomic E-state index is 0.117. The predicted octanol–water partition coefficient (Wildman–Crippen LogP) is 5.22. The highest BCUT2D eigenvalue weighted by atomic mass is 35.5. The van der Waals surface area contributed by atoms with Gasteiger partial charge in [-0.05, 0) is 60.9 Å². The van der Waals surface area contributed by atoms with Crippen LogP contribution < -0.4 is 5.32 Å². The lowest BCUT2D eigenvalue weighted by molar-refractivity contribution is 0.177. The van der Waals surface area contributed by atoms with Crippen molar-refractivity contribution >= 4 is 11.6 Å². The van der Waals surface area contributed by atoms with Crippen molar-refractivity contribution in [2.45, 2.75) is 52.4 Å². The molecule has 118 valence electrons. The van der Waals surface area contributed by atoms with E-state index in [9.17, 15) is 4.39 Å². The number of nitrogens with one attached hydrogen (secondary N) is 1. The Balaban J connectivity index is 2.09. The van der Waals surface area contributed by atoms with Crippen LogP contribution in [0.25, 0.3) is 0 Å². The van der Waals surface area contributed by atoms with Crippen LogP contribution >= 0.6 is 11.6 Å². The number of hydrogen-bond acceptors (Lipinski definition) is 1. The van der Waals surface area contributed by atoms with Crippen LogP contribution in [0.2, 0.25) is 5.02 Å². The van der Waals surface area contributed by atoms with Crippen LogP contribution in [-0.4, -0.2) is 13.1 Å². The molecule has 1 aliphatic rings. The first kappa shape index (κ1) is 16.8. The lowest BCUT2D eigenvalue weighted by Crippen LogP contribution is -2.39. The van der Waals surface area contributed by atoms with Gasteiger partial charge in [0.1, 0.15) is 5.82 Å². The standard InChI is InChI=1S/C18H27ClFN/c1-14(2)12-21-13-18(8-4-3-5-9-18)11-15-10-16(19)6-7-17(15)20/h6-7,10,14,21H,3-5,8-9,11-13H2,1-2H3. The quantitative estimate of drug-likeness (QED) is 0.759. The van der Waals surface area contributed by atoms with E-state index in [0.29, 0.717) is 10.9 Å². The number of benzene rings is 1. The molecule has 0 atom stereocenters. The summed E-state index contributed by atoms with van der Waals surface area (Å²) >= 11 is 6.04. The van der Waals surface area contributed by atoms with E-state index < -0.39 is 0 Å². The Morgan fingerprint density at radius 2 is 1.95 bits per heavy atom. The second-order valence-corrected chi connectivity index (χ2v) is 7.43. The highest BCUT2D eigenvalue weighted by molar-refractivity contribution is 6.30. The summed E-state index contributed by atoms with van der Waals surface area (Å²) in [5.41, 5.74) is 0.967. The molecule has 0 aliphatic heterocycles. The monoisotopic (exact) mass is 311 g/mol. The molecular weight excluding hydrogens is 285 g/mol. The maximum Gasteiger partial charge on any atom is 0.126 e. The summed E-state index contributed by atoms with van der Waals surface area (Å²) in [6.07, 6.45) is 6.99. The Morgan fingerprint density at radius 3 is 2.62 bits per heavy atom. The van der Waals surface area contributed by atoms with Crippen LogP contribution in [0.5, 0.6) is 0 Å². The van der Waals surface area contributed by atoms with Crippen molar-refractivity contribution in [1.29, 1.82) is 0 Å². The average molecular weight is 312 g/mol. The van der Waals surface area contributed by atoms with Gasteiger partial charge < -0.3 is 5.32 Å². The molecule has 1 aromatic carbocycles. The van der Waals surface area contributed by atoms with Crippen molar-refractivity contribution in [3.05, 3.63) is 34.6 Å². The van der Waals surface area contributed by atoms with E-state index in [4.69, 9.17) is 11.6 Å². The van der Waals surface area contributed by atoms with Gasteiger partial charge in [0.15, 0.2) is 0 Å². The second-order valence-electron chi connectivity index (χ2n) is 7.00. The van der Waals surface area contributed by atoms with Gasteiger partial charge in [-0.1, -0.05) is 44.7 Å². The Kier molecular flexibility index (Phi) is 6.07. The predicted molar refractivity (Wildman–Crippen MR) is 88.3 cm³/mol. The molecule has 0 bridgehead atoms. The number of rotatable bonds is 6. The van der Waals surface area contributed by atoms with Crippen molar-refractivity contribution in [3.63, 3.8) is 0 Å². The molecular formula is C18H27ClFN. The summed E-state index contributed by atoms with van der Waals surface area (Å²) in [5, 5.41) is 4.23. The van der Waals surface area contributed by atoms with Gasteiger partial charge in [-0.15, -0.1) is 0 Å². The molecule has 0 spiro atoms. The van der Waals surface area contributed by atoms with Gasteiger partial charge in [0, 0.05) is 11.6 Å². The zero-order valence-corrected chi connectivity index (χ0v) is 14.0. The molecule has 1 aliphatic carbocycles. The maximum atomic E-state index is 14.1. The molecule has 0 heterocycles. The summed E-state index contributed by atoms with van der Waals surface area (Å²) in [7, 11) is 0. The zero-order valence-electron chi connectivity index (χ0n) is 13.2. The molecule has 1 N–H and O–H groups in total. The summed E-state index contributed by atoms with van der Waals surface area (Å²) < 4.78 is 14.1. The van der Waals surface area contributed by atoms with Gasteiger partial charge in [0.2, 0.25) is 0 Å². The third-order valence-electron chi connectivity index (χ3n) is 4.54. The smallest absolute Gasteiger partial charge is 0.126 e. The Morgan fingerprint density at radius 1 is 1.24 bits per heavy atom. The largest absolute Gasteiger partial charge is 0.316 e. The molecule has 2 rings (SSSR count). The van der Waals surface area contributed by atoms with E-state index in [2.05, 4.69) is 19.2 Å². The number of hydrogen-bond donors (Lipinski definition) is 1. The van der Waals surface area contributed by atoms with Crippen molar-refractivity contribution in [1.82, 2.24) is 5.32 Å². The van der Waals surface area contributed by atoms with Gasteiger partial charge in [-0.25, -0.2) is 4.39 Å². The first-order chi connectivity index (χ1) is 10.0. The van der Waals surface area contributed by atoms with Crippen molar-refractivity contribution in [3.8, 4) is 0 Å². The van der Waals surface area contributed by atoms with E-state index in [-0.39, 0.29) is 11.2 Å². The van der Waals surface area contributed by atoms with E-state index >= 15 is 0 Å². The van der Waals surface area contributed by atoms with Gasteiger partial charge >= 0.3 is 0 Å². The molecule has 1 nitrogen and oxygen atoms in total. The van der Waals surface area contributed by atoms with Crippen molar-refractivity contribution < 1.29 is 4.39 Å². The molecule has 21 heavy (non-hydrogen) atoms. The molecule has 1 aromatic rings. The van der Waals surface area contributed by atoms with Crippen LogP contribution in [0.4, 0.5) is 4.39 Å². The minimum Gasteiger partial charge on any atom is -0.316 e. The Bertz CT molecular complexity index is 453. The Hall–Kier alpha value is -0.600. The first-order valence-corrected chi connectivity index (χ1v) is 8.53. The SMILES string of the molecule is CC(C)CNCC1(Cc2cc(Cl)ccc2F)CCCCC1. The highest BCUT2D eigenvalue weighted by Crippen LogP contribution is 2.39. The molecule has 0 radical (unpaired) electrons. The lowest BCUT2D eigenvalue weighted by atomic mass is 9.70. The van der Waals surface area contributed by atoms with Crippen LogP contribution in [-0.2, 0) is 6.42 Å². The van der Waals surface area contributed by atoms with Crippen molar-refractivity contribution in [2.24, 2.45) is 11.3 Å². The average Bonchev–Trinajstić information content (AvgIpc) is 2.43. The van der Waals surface area contributed by atoms with Crippen LogP contribution in [0, 0.1) is 17.2 Å². The molecule has 0 aromatic heterocycles. The molecule has 0 saturated heterocycles.